The van der Waals surface area contributed by atoms with Gasteiger partial charge in [-0.1, -0.05) is 6.92 Å². The Morgan fingerprint density at radius 1 is 1.16 bits per heavy atom. The predicted molar refractivity (Wildman–Crippen MR) is 149 cm³/mol. The zero-order chi connectivity index (χ0) is 26.6. The lowest BCUT2D eigenvalue weighted by Gasteiger charge is -2.40. The highest BCUT2D eigenvalue weighted by molar-refractivity contribution is 6.07. The number of aryl methyl sites for hydroxylation is 1. The van der Waals surface area contributed by atoms with Gasteiger partial charge in [0.25, 0.3) is 11.5 Å². The fourth-order valence-corrected chi connectivity index (χ4v) is 5.97. The standard InChI is InChI=1S/C29H41N5O4/c1-4-21-16-26-24(27-25(28(35)31-26)18-30-34(27)22-8-14-38-15-9-22)17-23(21)29(36)33-12-11-32(20(3)19-33)10-6-7-13-37-5-2/h16-18,20,22H,4-15,19H2,1-3H3,(H,31,35)/t20-/m0/s1. The molecule has 206 valence electrons. The van der Waals surface area contributed by atoms with Gasteiger partial charge in [-0.05, 0) is 70.2 Å². The smallest absolute Gasteiger partial charge is 0.259 e. The van der Waals surface area contributed by atoms with Gasteiger partial charge in [0.15, 0.2) is 0 Å². The SMILES string of the molecule is CCOCCCCN1CCN(C(=O)c2cc3c(cc2CC)[nH]c(=O)c2cnn(C4CCOCC4)c23)C[C@@H]1C. The van der Waals surface area contributed by atoms with Crippen LogP contribution in [0, 0.1) is 0 Å². The van der Waals surface area contributed by atoms with Crippen molar-refractivity contribution >= 4 is 27.7 Å². The van der Waals surface area contributed by atoms with Gasteiger partial charge in [-0.2, -0.15) is 5.10 Å². The molecule has 5 rings (SSSR count). The van der Waals surface area contributed by atoms with E-state index in [4.69, 9.17) is 9.47 Å². The van der Waals surface area contributed by atoms with Gasteiger partial charge < -0.3 is 19.4 Å². The second-order valence-corrected chi connectivity index (χ2v) is 10.6. The molecule has 4 heterocycles. The largest absolute Gasteiger partial charge is 0.382 e. The second kappa shape index (κ2) is 12.0. The van der Waals surface area contributed by atoms with Crippen LogP contribution in [-0.4, -0.2) is 89.1 Å². The van der Waals surface area contributed by atoms with E-state index in [0.717, 1.165) is 86.1 Å². The number of carbonyl (C=O) groups excluding carboxylic acids is 1. The van der Waals surface area contributed by atoms with Gasteiger partial charge in [0.2, 0.25) is 0 Å². The highest BCUT2D eigenvalue weighted by Crippen LogP contribution is 2.30. The number of carbonyl (C=O) groups is 1. The Morgan fingerprint density at radius 3 is 2.71 bits per heavy atom. The molecule has 2 aromatic heterocycles. The zero-order valence-corrected chi connectivity index (χ0v) is 23.0. The van der Waals surface area contributed by atoms with Crippen molar-refractivity contribution in [1.29, 1.82) is 0 Å². The first-order chi connectivity index (χ1) is 18.5. The van der Waals surface area contributed by atoms with Crippen LogP contribution in [0.5, 0.6) is 0 Å². The molecule has 38 heavy (non-hydrogen) atoms. The Kier molecular flexibility index (Phi) is 8.45. The van der Waals surface area contributed by atoms with E-state index < -0.39 is 0 Å². The first-order valence-electron chi connectivity index (χ1n) is 14.3. The molecule has 9 nitrogen and oxygen atoms in total. The van der Waals surface area contributed by atoms with Crippen LogP contribution < -0.4 is 5.56 Å². The molecule has 9 heteroatoms. The first kappa shape index (κ1) is 26.8. The maximum Gasteiger partial charge on any atom is 0.259 e. The van der Waals surface area contributed by atoms with Crippen molar-refractivity contribution in [3.8, 4) is 0 Å². The number of rotatable bonds is 9. The van der Waals surface area contributed by atoms with Gasteiger partial charge in [0.05, 0.1) is 28.7 Å². The van der Waals surface area contributed by atoms with Crippen LogP contribution in [0.25, 0.3) is 21.8 Å². The fourth-order valence-electron chi connectivity index (χ4n) is 5.97. The molecule has 1 amide bonds. The molecule has 2 saturated heterocycles. The van der Waals surface area contributed by atoms with Crippen LogP contribution in [0.15, 0.2) is 23.1 Å². The second-order valence-electron chi connectivity index (χ2n) is 10.6. The number of H-pyrrole nitrogens is 1. The van der Waals surface area contributed by atoms with Crippen LogP contribution in [0.4, 0.5) is 0 Å². The molecule has 1 aromatic carbocycles. The number of aromatic nitrogens is 3. The van der Waals surface area contributed by atoms with Crippen LogP contribution in [-0.2, 0) is 15.9 Å². The first-order valence-corrected chi connectivity index (χ1v) is 14.3. The number of pyridine rings is 1. The van der Waals surface area contributed by atoms with E-state index in [-0.39, 0.29) is 17.5 Å². The Hall–Kier alpha value is -2.75. The number of fused-ring (bicyclic) bond motifs is 3. The van der Waals surface area contributed by atoms with Crippen LogP contribution in [0.2, 0.25) is 0 Å². The summed E-state index contributed by atoms with van der Waals surface area (Å²) in [5.41, 5.74) is 3.12. The summed E-state index contributed by atoms with van der Waals surface area (Å²) >= 11 is 0. The Balaban J connectivity index is 1.42. The molecule has 0 unspecified atom stereocenters. The van der Waals surface area contributed by atoms with E-state index in [1.165, 1.54) is 0 Å². The van der Waals surface area contributed by atoms with Crippen molar-refractivity contribution in [2.24, 2.45) is 0 Å². The monoisotopic (exact) mass is 523 g/mol. The number of benzene rings is 1. The number of unbranched alkanes of at least 4 members (excludes halogenated alkanes) is 1. The molecule has 0 aliphatic carbocycles. The highest BCUT2D eigenvalue weighted by atomic mass is 16.5. The Bertz CT molecular complexity index is 1330. The van der Waals surface area contributed by atoms with Crippen LogP contribution in [0.3, 0.4) is 0 Å². The molecule has 0 bridgehead atoms. The van der Waals surface area contributed by atoms with Gasteiger partial charge in [-0.25, -0.2) is 0 Å². The summed E-state index contributed by atoms with van der Waals surface area (Å²) in [7, 11) is 0. The number of amides is 1. The summed E-state index contributed by atoms with van der Waals surface area (Å²) in [4.78, 5) is 34.4. The number of hydrogen-bond donors (Lipinski definition) is 1. The maximum atomic E-state index is 13.9. The molecular weight excluding hydrogens is 482 g/mol. The molecule has 0 saturated carbocycles. The number of nitrogens with zero attached hydrogens (tertiary/aromatic N) is 4. The van der Waals surface area contributed by atoms with Crippen molar-refractivity contribution in [1.82, 2.24) is 24.6 Å². The minimum Gasteiger partial charge on any atom is -0.382 e. The van der Waals surface area contributed by atoms with Gasteiger partial charge in [0, 0.05) is 63.1 Å². The summed E-state index contributed by atoms with van der Waals surface area (Å²) in [6, 6.07) is 4.47. The number of nitrogens with one attached hydrogen (secondary N) is 1. The number of aromatic amines is 1. The molecule has 1 N–H and O–H groups in total. The Morgan fingerprint density at radius 2 is 1.97 bits per heavy atom. The third-order valence-corrected chi connectivity index (χ3v) is 8.18. The topological polar surface area (TPSA) is 92.7 Å². The third-order valence-electron chi connectivity index (χ3n) is 8.18. The van der Waals surface area contributed by atoms with E-state index in [1.54, 1.807) is 6.20 Å². The summed E-state index contributed by atoms with van der Waals surface area (Å²) in [5.74, 6) is 0.0723. The fraction of sp³-hybridized carbons (Fsp3) is 0.621. The summed E-state index contributed by atoms with van der Waals surface area (Å²) in [5, 5.41) is 6.08. The van der Waals surface area contributed by atoms with Crippen molar-refractivity contribution in [3.05, 3.63) is 39.8 Å². The van der Waals surface area contributed by atoms with Crippen LogP contribution in [0.1, 0.15) is 68.4 Å². The van der Waals surface area contributed by atoms with Crippen molar-refractivity contribution in [2.75, 3.05) is 52.6 Å². The molecule has 0 radical (unpaired) electrons. The average molecular weight is 524 g/mol. The van der Waals surface area contributed by atoms with Gasteiger partial charge in [-0.3, -0.25) is 19.2 Å². The van der Waals surface area contributed by atoms with E-state index in [9.17, 15) is 9.59 Å². The highest BCUT2D eigenvalue weighted by Gasteiger charge is 2.29. The molecule has 0 spiro atoms. The minimum atomic E-state index is -0.141. The lowest BCUT2D eigenvalue weighted by molar-refractivity contribution is 0.0502. The number of ether oxygens (including phenoxy) is 2. The average Bonchev–Trinajstić information content (AvgIpc) is 3.39. The Labute approximate surface area is 224 Å². The van der Waals surface area contributed by atoms with Crippen LogP contribution >= 0.6 is 0 Å². The van der Waals surface area contributed by atoms with E-state index >= 15 is 0 Å². The quantitative estimate of drug-likeness (QED) is 0.430. The maximum absolute atomic E-state index is 13.9. The minimum absolute atomic E-state index is 0.0723. The summed E-state index contributed by atoms with van der Waals surface area (Å²) in [6.07, 6.45) is 6.27. The van der Waals surface area contributed by atoms with Gasteiger partial charge in [-0.15, -0.1) is 0 Å². The number of piperazine rings is 1. The van der Waals surface area contributed by atoms with Gasteiger partial charge in [0.1, 0.15) is 0 Å². The predicted octanol–water partition coefficient (Wildman–Crippen LogP) is 3.75. The van der Waals surface area contributed by atoms with Crippen molar-refractivity contribution in [2.45, 2.75) is 65.0 Å². The lowest BCUT2D eigenvalue weighted by Crippen LogP contribution is -2.53. The normalized spacial score (nSPS) is 19.6. The third kappa shape index (κ3) is 5.37. The lowest BCUT2D eigenvalue weighted by atomic mass is 9.98. The summed E-state index contributed by atoms with van der Waals surface area (Å²) in [6.45, 7) is 12.6. The van der Waals surface area contributed by atoms with E-state index in [1.807, 2.05) is 28.6 Å². The van der Waals surface area contributed by atoms with Gasteiger partial charge >= 0.3 is 0 Å². The molecule has 2 aliphatic rings. The summed E-state index contributed by atoms with van der Waals surface area (Å²) < 4.78 is 13.0. The molecular formula is C29H41N5O4. The van der Waals surface area contributed by atoms with Crippen molar-refractivity contribution in [3.63, 3.8) is 0 Å². The molecule has 1 atom stereocenters. The van der Waals surface area contributed by atoms with Crippen molar-refractivity contribution < 1.29 is 14.3 Å². The molecule has 3 aromatic rings. The van der Waals surface area contributed by atoms with E-state index in [2.05, 4.69) is 28.8 Å². The number of hydrogen-bond acceptors (Lipinski definition) is 6. The molecule has 2 aliphatic heterocycles. The van der Waals surface area contributed by atoms with E-state index in [0.29, 0.717) is 37.6 Å². The molecule has 2 fully saturated rings. The zero-order valence-electron chi connectivity index (χ0n) is 23.0.